The fourth-order valence-corrected chi connectivity index (χ4v) is 2.47. The number of amides is 2. The smallest absolute Gasteiger partial charge is 0.319 e. The molecule has 1 rings (SSSR count). The normalized spacial score (nSPS) is 13.7. The second kappa shape index (κ2) is 7.40. The van der Waals surface area contributed by atoms with E-state index in [1.165, 1.54) is 17.3 Å². The fourth-order valence-electron chi connectivity index (χ4n) is 1.85. The third-order valence-electron chi connectivity index (χ3n) is 3.03. The Morgan fingerprint density at radius 3 is 2.63 bits per heavy atom. The summed E-state index contributed by atoms with van der Waals surface area (Å²) in [5, 5.41) is 14.9. The molecule has 2 atom stereocenters. The number of aliphatic hydroxyl groups excluding tert-OH is 1. The van der Waals surface area contributed by atoms with Crippen LogP contribution in [0, 0.1) is 13.8 Å². The summed E-state index contributed by atoms with van der Waals surface area (Å²) in [6.45, 7) is 5.92. The molecule has 0 fully saturated rings. The zero-order valence-electron chi connectivity index (χ0n) is 11.9. The Morgan fingerprint density at radius 2 is 2.11 bits per heavy atom. The van der Waals surface area contributed by atoms with Crippen LogP contribution < -0.4 is 10.6 Å². The highest BCUT2D eigenvalue weighted by atomic mass is 32.2. The molecule has 1 aromatic rings. The molecule has 0 aliphatic heterocycles. The quantitative estimate of drug-likeness (QED) is 0.778. The van der Waals surface area contributed by atoms with Gasteiger partial charge in [0.15, 0.2) is 0 Å². The minimum atomic E-state index is -0.244. The maximum Gasteiger partial charge on any atom is 0.319 e. The summed E-state index contributed by atoms with van der Waals surface area (Å²) >= 11 is 1.54. The summed E-state index contributed by atoms with van der Waals surface area (Å²) in [6.07, 6.45) is 1.92. The standard InChI is InChI=1S/C14H22N2O2S/c1-9-5-6-12(10(2)7-9)16-14(18)15-11(3)13(8-17)19-4/h5-7,11,13,17H,8H2,1-4H3,(H2,15,16,18). The van der Waals surface area contributed by atoms with Crippen molar-refractivity contribution >= 4 is 23.5 Å². The number of aliphatic hydroxyl groups is 1. The second-order valence-electron chi connectivity index (χ2n) is 4.66. The van der Waals surface area contributed by atoms with E-state index in [2.05, 4.69) is 10.6 Å². The summed E-state index contributed by atoms with van der Waals surface area (Å²) in [5.41, 5.74) is 3.01. The molecule has 0 aliphatic rings. The molecule has 2 amide bonds. The first-order valence-corrected chi connectivity index (χ1v) is 7.55. The number of aryl methyl sites for hydroxylation is 2. The lowest BCUT2D eigenvalue weighted by Gasteiger charge is -2.21. The van der Waals surface area contributed by atoms with E-state index in [1.54, 1.807) is 0 Å². The van der Waals surface area contributed by atoms with Gasteiger partial charge >= 0.3 is 6.03 Å². The maximum absolute atomic E-state index is 11.9. The summed E-state index contributed by atoms with van der Waals surface area (Å²) in [7, 11) is 0. The summed E-state index contributed by atoms with van der Waals surface area (Å²) in [6, 6.07) is 5.55. The number of urea groups is 1. The molecular weight excluding hydrogens is 260 g/mol. The van der Waals surface area contributed by atoms with Gasteiger partial charge in [0.1, 0.15) is 0 Å². The highest BCUT2D eigenvalue weighted by Gasteiger charge is 2.17. The van der Waals surface area contributed by atoms with Gasteiger partial charge in [0.25, 0.3) is 0 Å². The molecular formula is C14H22N2O2S. The molecule has 0 bridgehead atoms. The van der Waals surface area contributed by atoms with Gasteiger partial charge in [-0.15, -0.1) is 0 Å². The van der Waals surface area contributed by atoms with Gasteiger partial charge in [-0.3, -0.25) is 0 Å². The zero-order valence-corrected chi connectivity index (χ0v) is 12.7. The number of hydrogen-bond acceptors (Lipinski definition) is 3. The Bertz CT molecular complexity index is 433. The molecule has 2 unspecified atom stereocenters. The van der Waals surface area contributed by atoms with E-state index >= 15 is 0 Å². The topological polar surface area (TPSA) is 61.4 Å². The van der Waals surface area contributed by atoms with Crippen LogP contribution in [0.25, 0.3) is 0 Å². The van der Waals surface area contributed by atoms with Gasteiger partial charge < -0.3 is 15.7 Å². The molecule has 0 heterocycles. The van der Waals surface area contributed by atoms with E-state index in [4.69, 9.17) is 0 Å². The molecule has 0 saturated carbocycles. The Kier molecular flexibility index (Phi) is 6.18. The molecule has 19 heavy (non-hydrogen) atoms. The third kappa shape index (κ3) is 4.76. The monoisotopic (exact) mass is 282 g/mol. The summed E-state index contributed by atoms with van der Waals surface area (Å²) < 4.78 is 0. The predicted octanol–water partition coefficient (Wildman–Crippen LogP) is 2.54. The Hall–Kier alpha value is -1.20. The van der Waals surface area contributed by atoms with Gasteiger partial charge in [0.2, 0.25) is 0 Å². The SMILES string of the molecule is CSC(CO)C(C)NC(=O)Nc1ccc(C)cc1C. The Morgan fingerprint density at radius 1 is 1.42 bits per heavy atom. The number of nitrogens with one attached hydrogen (secondary N) is 2. The molecule has 0 aliphatic carbocycles. The maximum atomic E-state index is 11.9. The molecule has 5 heteroatoms. The number of hydrogen-bond donors (Lipinski definition) is 3. The van der Waals surface area contributed by atoms with Crippen molar-refractivity contribution in [1.29, 1.82) is 0 Å². The van der Waals surface area contributed by atoms with Crippen LogP contribution in [0.2, 0.25) is 0 Å². The molecule has 3 N–H and O–H groups in total. The summed E-state index contributed by atoms with van der Waals surface area (Å²) in [4.78, 5) is 11.9. The first-order chi connectivity index (χ1) is 8.97. The van der Waals surface area contributed by atoms with Gasteiger partial charge in [-0.1, -0.05) is 17.7 Å². The lowest BCUT2D eigenvalue weighted by molar-refractivity contribution is 0.243. The van der Waals surface area contributed by atoms with Crippen LogP contribution >= 0.6 is 11.8 Å². The van der Waals surface area contributed by atoms with Crippen molar-refractivity contribution in [3.05, 3.63) is 29.3 Å². The highest BCUT2D eigenvalue weighted by Crippen LogP contribution is 2.16. The van der Waals surface area contributed by atoms with Gasteiger partial charge in [0.05, 0.1) is 6.61 Å². The fraction of sp³-hybridized carbons (Fsp3) is 0.500. The Balaban J connectivity index is 2.60. The van der Waals surface area contributed by atoms with Crippen LogP contribution in [-0.4, -0.2) is 35.3 Å². The van der Waals surface area contributed by atoms with Gasteiger partial charge in [-0.25, -0.2) is 4.79 Å². The lowest BCUT2D eigenvalue weighted by atomic mass is 10.1. The van der Waals surface area contributed by atoms with Gasteiger partial charge in [0, 0.05) is 17.0 Å². The van der Waals surface area contributed by atoms with Crippen molar-refractivity contribution in [2.45, 2.75) is 32.1 Å². The minimum absolute atomic E-state index is 0.00450. The van der Waals surface area contributed by atoms with Gasteiger partial charge in [-0.05, 0) is 38.7 Å². The van der Waals surface area contributed by atoms with Crippen molar-refractivity contribution in [1.82, 2.24) is 5.32 Å². The first kappa shape index (κ1) is 15.9. The molecule has 0 radical (unpaired) electrons. The van der Waals surface area contributed by atoms with Crippen LogP contribution in [0.1, 0.15) is 18.1 Å². The lowest BCUT2D eigenvalue weighted by Crippen LogP contribution is -2.43. The van der Waals surface area contributed by atoms with Crippen molar-refractivity contribution < 1.29 is 9.90 Å². The second-order valence-corrected chi connectivity index (χ2v) is 5.74. The summed E-state index contributed by atoms with van der Waals surface area (Å²) in [5.74, 6) is 0. The van der Waals surface area contributed by atoms with Gasteiger partial charge in [-0.2, -0.15) is 11.8 Å². The molecule has 0 aromatic heterocycles. The number of carbonyl (C=O) groups is 1. The van der Waals surface area contributed by atoms with Crippen LogP contribution in [0.15, 0.2) is 18.2 Å². The van der Waals surface area contributed by atoms with E-state index < -0.39 is 0 Å². The number of benzene rings is 1. The minimum Gasteiger partial charge on any atom is -0.395 e. The number of thioether (sulfide) groups is 1. The number of carbonyl (C=O) groups excluding carboxylic acids is 1. The van der Waals surface area contributed by atoms with Crippen molar-refractivity contribution in [3.63, 3.8) is 0 Å². The zero-order chi connectivity index (χ0) is 14.4. The average Bonchev–Trinajstić information content (AvgIpc) is 2.34. The van der Waals surface area contributed by atoms with Crippen LogP contribution in [0.4, 0.5) is 10.5 Å². The predicted molar refractivity (Wildman–Crippen MR) is 81.9 cm³/mol. The first-order valence-electron chi connectivity index (χ1n) is 6.26. The number of rotatable bonds is 5. The van der Waals surface area contributed by atoms with Crippen molar-refractivity contribution in [2.75, 3.05) is 18.2 Å². The molecule has 4 nitrogen and oxygen atoms in total. The van der Waals surface area contributed by atoms with Crippen molar-refractivity contribution in [2.24, 2.45) is 0 Å². The van der Waals surface area contributed by atoms with E-state index in [-0.39, 0.29) is 23.9 Å². The molecule has 0 spiro atoms. The largest absolute Gasteiger partial charge is 0.395 e. The van der Waals surface area contributed by atoms with E-state index in [1.807, 2.05) is 45.2 Å². The Labute approximate surface area is 119 Å². The number of anilines is 1. The van der Waals surface area contributed by atoms with E-state index in [0.717, 1.165) is 11.3 Å². The van der Waals surface area contributed by atoms with Crippen LogP contribution in [0.3, 0.4) is 0 Å². The van der Waals surface area contributed by atoms with Crippen LogP contribution in [0.5, 0.6) is 0 Å². The molecule has 106 valence electrons. The van der Waals surface area contributed by atoms with E-state index in [0.29, 0.717) is 0 Å². The molecule has 0 saturated heterocycles. The average molecular weight is 282 g/mol. The van der Waals surface area contributed by atoms with Crippen molar-refractivity contribution in [3.8, 4) is 0 Å². The van der Waals surface area contributed by atoms with E-state index in [9.17, 15) is 9.90 Å². The van der Waals surface area contributed by atoms with Crippen LogP contribution in [-0.2, 0) is 0 Å². The molecule has 1 aromatic carbocycles. The third-order valence-corrected chi connectivity index (χ3v) is 4.19. The highest BCUT2D eigenvalue weighted by molar-refractivity contribution is 7.99.